The maximum Gasteiger partial charge on any atom is 0.414 e. The standard InChI is InChI=1S/C18H18N2O3/c1-13(21)19-11-17-12-20(18(22)23-17)16-9-7-15(8-10-16)14-5-3-2-4-6-14/h2-10,17H,11-12H2,1H3,(H,19,21)/t17-/m1/s1. The van der Waals surface area contributed by atoms with Gasteiger partial charge in [0.25, 0.3) is 0 Å². The van der Waals surface area contributed by atoms with Crippen LogP contribution in [0.4, 0.5) is 10.5 Å². The molecule has 1 saturated heterocycles. The summed E-state index contributed by atoms with van der Waals surface area (Å²) >= 11 is 0. The zero-order valence-corrected chi connectivity index (χ0v) is 12.9. The second kappa shape index (κ2) is 6.52. The second-order valence-corrected chi connectivity index (χ2v) is 5.47. The summed E-state index contributed by atoms with van der Waals surface area (Å²) in [5.41, 5.74) is 3.02. The summed E-state index contributed by atoms with van der Waals surface area (Å²) in [6.07, 6.45) is -0.701. The smallest absolute Gasteiger partial charge is 0.414 e. The molecule has 2 amide bonds. The summed E-state index contributed by atoms with van der Waals surface area (Å²) < 4.78 is 5.27. The van der Waals surface area contributed by atoms with E-state index < -0.39 is 0 Å². The lowest BCUT2D eigenvalue weighted by atomic mass is 10.1. The molecule has 23 heavy (non-hydrogen) atoms. The lowest BCUT2D eigenvalue weighted by Gasteiger charge is -2.13. The average molecular weight is 310 g/mol. The van der Waals surface area contributed by atoms with Crippen molar-refractivity contribution in [2.24, 2.45) is 0 Å². The Morgan fingerprint density at radius 1 is 1.13 bits per heavy atom. The van der Waals surface area contributed by atoms with Crippen LogP contribution in [0.1, 0.15) is 6.92 Å². The fourth-order valence-electron chi connectivity index (χ4n) is 2.56. The van der Waals surface area contributed by atoms with E-state index in [1.54, 1.807) is 4.90 Å². The third-order valence-electron chi connectivity index (χ3n) is 3.74. The molecule has 1 heterocycles. The first-order valence-corrected chi connectivity index (χ1v) is 7.51. The van der Waals surface area contributed by atoms with E-state index in [-0.39, 0.29) is 18.1 Å². The van der Waals surface area contributed by atoms with Crippen LogP contribution >= 0.6 is 0 Å². The largest absolute Gasteiger partial charge is 0.442 e. The fourth-order valence-corrected chi connectivity index (χ4v) is 2.56. The van der Waals surface area contributed by atoms with Gasteiger partial charge in [0, 0.05) is 12.6 Å². The van der Waals surface area contributed by atoms with Gasteiger partial charge in [-0.15, -0.1) is 0 Å². The Hall–Kier alpha value is -2.82. The van der Waals surface area contributed by atoms with Crippen molar-refractivity contribution < 1.29 is 14.3 Å². The average Bonchev–Trinajstić information content (AvgIpc) is 2.95. The molecule has 5 heteroatoms. The predicted octanol–water partition coefficient (Wildman–Crippen LogP) is 2.81. The van der Waals surface area contributed by atoms with Gasteiger partial charge in [-0.2, -0.15) is 0 Å². The Morgan fingerprint density at radius 3 is 2.43 bits per heavy atom. The van der Waals surface area contributed by atoms with Crippen molar-refractivity contribution in [2.45, 2.75) is 13.0 Å². The zero-order chi connectivity index (χ0) is 16.2. The van der Waals surface area contributed by atoms with Crippen LogP contribution in [0.2, 0.25) is 0 Å². The number of amides is 2. The van der Waals surface area contributed by atoms with Gasteiger partial charge in [-0.1, -0.05) is 42.5 Å². The van der Waals surface area contributed by atoms with E-state index in [1.165, 1.54) is 6.92 Å². The Morgan fingerprint density at radius 2 is 1.78 bits per heavy atom. The van der Waals surface area contributed by atoms with E-state index in [2.05, 4.69) is 5.32 Å². The number of nitrogens with zero attached hydrogens (tertiary/aromatic N) is 1. The van der Waals surface area contributed by atoms with E-state index in [0.29, 0.717) is 13.1 Å². The minimum absolute atomic E-state index is 0.133. The molecule has 0 aromatic heterocycles. The van der Waals surface area contributed by atoms with Crippen LogP contribution in [-0.4, -0.2) is 31.2 Å². The molecular weight excluding hydrogens is 292 g/mol. The molecule has 2 aromatic carbocycles. The van der Waals surface area contributed by atoms with Crippen molar-refractivity contribution >= 4 is 17.7 Å². The van der Waals surface area contributed by atoms with Crippen molar-refractivity contribution in [2.75, 3.05) is 18.0 Å². The van der Waals surface area contributed by atoms with Gasteiger partial charge in [0.2, 0.25) is 5.91 Å². The molecule has 3 rings (SSSR count). The number of hydrogen-bond acceptors (Lipinski definition) is 3. The Labute approximate surface area is 134 Å². The highest BCUT2D eigenvalue weighted by Crippen LogP contribution is 2.25. The Bertz CT molecular complexity index is 698. The van der Waals surface area contributed by atoms with Gasteiger partial charge in [0.1, 0.15) is 6.10 Å². The summed E-state index contributed by atoms with van der Waals surface area (Å²) in [7, 11) is 0. The van der Waals surface area contributed by atoms with Crippen LogP contribution in [0.25, 0.3) is 11.1 Å². The van der Waals surface area contributed by atoms with Crippen LogP contribution < -0.4 is 10.2 Å². The minimum atomic E-state index is -0.382. The number of benzene rings is 2. The normalized spacial score (nSPS) is 17.0. The highest BCUT2D eigenvalue weighted by Gasteiger charge is 2.32. The predicted molar refractivity (Wildman–Crippen MR) is 88.2 cm³/mol. The van der Waals surface area contributed by atoms with E-state index in [0.717, 1.165) is 16.8 Å². The third kappa shape index (κ3) is 3.51. The number of ether oxygens (including phenoxy) is 1. The first kappa shape index (κ1) is 15.1. The molecule has 2 aromatic rings. The summed E-state index contributed by atoms with van der Waals surface area (Å²) in [6.45, 7) is 2.21. The molecule has 0 bridgehead atoms. The van der Waals surface area contributed by atoms with Crippen LogP contribution in [0.3, 0.4) is 0 Å². The number of carbonyl (C=O) groups is 2. The molecule has 1 aliphatic heterocycles. The van der Waals surface area contributed by atoms with E-state index in [4.69, 9.17) is 4.74 Å². The number of anilines is 1. The van der Waals surface area contributed by atoms with Gasteiger partial charge < -0.3 is 10.1 Å². The molecule has 118 valence electrons. The van der Waals surface area contributed by atoms with E-state index >= 15 is 0 Å². The zero-order valence-electron chi connectivity index (χ0n) is 12.9. The molecule has 1 fully saturated rings. The Kier molecular flexibility index (Phi) is 4.28. The number of rotatable bonds is 4. The molecular formula is C18H18N2O3. The summed E-state index contributed by atoms with van der Waals surface area (Å²) in [5, 5.41) is 2.67. The third-order valence-corrected chi connectivity index (χ3v) is 3.74. The lowest BCUT2D eigenvalue weighted by molar-refractivity contribution is -0.119. The van der Waals surface area contributed by atoms with E-state index in [9.17, 15) is 9.59 Å². The van der Waals surface area contributed by atoms with Gasteiger partial charge in [0.15, 0.2) is 0 Å². The SMILES string of the molecule is CC(=O)NC[C@@H]1CN(c2ccc(-c3ccccc3)cc2)C(=O)O1. The first-order chi connectivity index (χ1) is 11.1. The molecule has 0 spiro atoms. The highest BCUT2D eigenvalue weighted by atomic mass is 16.6. The summed E-state index contributed by atoms with van der Waals surface area (Å²) in [5.74, 6) is -0.133. The van der Waals surface area contributed by atoms with Crippen molar-refractivity contribution in [3.05, 3.63) is 54.6 Å². The molecule has 0 radical (unpaired) electrons. The van der Waals surface area contributed by atoms with Crippen LogP contribution in [0.5, 0.6) is 0 Å². The summed E-state index contributed by atoms with van der Waals surface area (Å²) in [6, 6.07) is 17.8. The minimum Gasteiger partial charge on any atom is -0.442 e. The number of hydrogen-bond donors (Lipinski definition) is 1. The molecule has 5 nitrogen and oxygen atoms in total. The van der Waals surface area contributed by atoms with Gasteiger partial charge in [-0.3, -0.25) is 9.69 Å². The fraction of sp³-hybridized carbons (Fsp3) is 0.222. The molecule has 0 saturated carbocycles. The maximum absolute atomic E-state index is 12.0. The number of nitrogens with one attached hydrogen (secondary N) is 1. The van der Waals surface area contributed by atoms with Crippen molar-refractivity contribution in [1.29, 1.82) is 0 Å². The van der Waals surface area contributed by atoms with Crippen molar-refractivity contribution in [1.82, 2.24) is 5.32 Å². The van der Waals surface area contributed by atoms with E-state index in [1.807, 2.05) is 54.6 Å². The molecule has 1 N–H and O–H groups in total. The molecule has 1 aliphatic rings. The number of cyclic esters (lactones) is 1. The monoisotopic (exact) mass is 310 g/mol. The van der Waals surface area contributed by atoms with Crippen molar-refractivity contribution in [3.8, 4) is 11.1 Å². The molecule has 1 atom stereocenters. The Balaban J connectivity index is 1.70. The number of carbonyl (C=O) groups excluding carboxylic acids is 2. The van der Waals surface area contributed by atoms with Crippen LogP contribution in [0.15, 0.2) is 54.6 Å². The van der Waals surface area contributed by atoms with Crippen molar-refractivity contribution in [3.63, 3.8) is 0 Å². The van der Waals surface area contributed by atoms with Gasteiger partial charge in [-0.25, -0.2) is 4.79 Å². The second-order valence-electron chi connectivity index (χ2n) is 5.47. The van der Waals surface area contributed by atoms with Gasteiger partial charge in [0.05, 0.1) is 13.1 Å². The van der Waals surface area contributed by atoms with Gasteiger partial charge >= 0.3 is 6.09 Å². The topological polar surface area (TPSA) is 58.6 Å². The molecule has 0 unspecified atom stereocenters. The quantitative estimate of drug-likeness (QED) is 0.944. The van der Waals surface area contributed by atoms with Gasteiger partial charge in [-0.05, 0) is 23.3 Å². The highest BCUT2D eigenvalue weighted by molar-refractivity contribution is 5.90. The lowest BCUT2D eigenvalue weighted by Crippen LogP contribution is -2.33. The summed E-state index contributed by atoms with van der Waals surface area (Å²) in [4.78, 5) is 24.5. The molecule has 0 aliphatic carbocycles. The van der Waals surface area contributed by atoms with Crippen LogP contribution in [0, 0.1) is 0 Å². The maximum atomic E-state index is 12.0. The van der Waals surface area contributed by atoms with Crippen LogP contribution in [-0.2, 0) is 9.53 Å². The first-order valence-electron chi connectivity index (χ1n) is 7.51.